The molecule has 0 radical (unpaired) electrons. The zero-order valence-electron chi connectivity index (χ0n) is 30.7. The maximum atomic E-state index is 13.5. The fourth-order valence-corrected chi connectivity index (χ4v) is 8.02. The van der Waals surface area contributed by atoms with E-state index in [9.17, 15) is 9.59 Å². The van der Waals surface area contributed by atoms with E-state index in [0.29, 0.717) is 5.92 Å². The van der Waals surface area contributed by atoms with Crippen molar-refractivity contribution in [1.29, 1.82) is 0 Å². The van der Waals surface area contributed by atoms with Crippen LogP contribution in [0.25, 0.3) is 28.0 Å². The van der Waals surface area contributed by atoms with Crippen LogP contribution in [-0.4, -0.2) is 82.6 Å². The van der Waals surface area contributed by atoms with Crippen molar-refractivity contribution in [3.05, 3.63) is 72.3 Å². The van der Waals surface area contributed by atoms with Crippen molar-refractivity contribution in [3.8, 4) is 22.4 Å². The summed E-state index contributed by atoms with van der Waals surface area (Å²) < 4.78 is 0. The molecule has 3 N–H and O–H groups in total. The average molecular weight is 678 g/mol. The first-order valence-electron chi connectivity index (χ1n) is 18.7. The molecule has 6 rings (SSSR count). The molecule has 3 aliphatic heterocycles. The molecule has 1 aromatic heterocycles. The maximum absolute atomic E-state index is 13.5. The van der Waals surface area contributed by atoms with Crippen LogP contribution in [0.1, 0.15) is 90.1 Å². The van der Waals surface area contributed by atoms with Crippen molar-refractivity contribution < 1.29 is 9.59 Å². The molecule has 4 heterocycles. The summed E-state index contributed by atoms with van der Waals surface area (Å²) in [5, 5.41) is 6.52. The molecule has 2 fully saturated rings. The zero-order valence-corrected chi connectivity index (χ0v) is 30.7. The van der Waals surface area contributed by atoms with Crippen LogP contribution < -0.4 is 10.6 Å². The van der Waals surface area contributed by atoms with Gasteiger partial charge in [0.1, 0.15) is 5.82 Å². The number of hydrogen-bond donors (Lipinski definition) is 3. The molecule has 2 saturated heterocycles. The monoisotopic (exact) mass is 677 g/mol. The van der Waals surface area contributed by atoms with Gasteiger partial charge in [0.15, 0.2) is 0 Å². The van der Waals surface area contributed by atoms with E-state index in [1.165, 1.54) is 11.1 Å². The van der Waals surface area contributed by atoms with Crippen molar-refractivity contribution >= 4 is 23.1 Å². The molecule has 0 saturated carbocycles. The molecule has 2 aromatic carbocycles. The first-order chi connectivity index (χ1) is 24.3. The smallest absolute Gasteiger partial charge is 0.240 e. The van der Waals surface area contributed by atoms with Gasteiger partial charge in [-0.15, -0.1) is 0 Å². The van der Waals surface area contributed by atoms with Gasteiger partial charge in [-0.05, 0) is 79.4 Å². The van der Waals surface area contributed by atoms with E-state index in [1.807, 2.05) is 31.4 Å². The van der Waals surface area contributed by atoms with Gasteiger partial charge < -0.3 is 25.4 Å². The minimum absolute atomic E-state index is 0.0228. The number of allylic oxidation sites excluding steroid dienone is 1. The molecular weight excluding hydrogens is 622 g/mol. The number of nitrogens with one attached hydrogen (secondary N) is 3. The van der Waals surface area contributed by atoms with Crippen LogP contribution >= 0.6 is 0 Å². The number of carbonyl (C=O) groups excluding carboxylic acids is 2. The van der Waals surface area contributed by atoms with Gasteiger partial charge in [-0.2, -0.15) is 0 Å². The molecule has 50 heavy (non-hydrogen) atoms. The summed E-state index contributed by atoms with van der Waals surface area (Å²) in [4.78, 5) is 44.2. The highest BCUT2D eigenvalue weighted by Crippen LogP contribution is 2.35. The molecule has 0 bridgehead atoms. The number of rotatable bonds is 13. The van der Waals surface area contributed by atoms with Crippen LogP contribution in [0.4, 0.5) is 0 Å². The number of aromatic nitrogens is 2. The first-order valence-corrected chi connectivity index (χ1v) is 18.7. The Morgan fingerprint density at radius 2 is 1.28 bits per heavy atom. The number of hydrogen-bond acceptors (Lipinski definition) is 6. The lowest BCUT2D eigenvalue weighted by Gasteiger charge is -2.31. The van der Waals surface area contributed by atoms with Crippen molar-refractivity contribution in [2.75, 3.05) is 27.2 Å². The number of imidazole rings is 1. The number of carbonyl (C=O) groups is 2. The molecule has 3 aromatic rings. The summed E-state index contributed by atoms with van der Waals surface area (Å²) >= 11 is 0. The normalized spacial score (nSPS) is 21.6. The summed E-state index contributed by atoms with van der Waals surface area (Å²) in [7, 11) is 3.77. The van der Waals surface area contributed by atoms with Crippen molar-refractivity contribution in [2.45, 2.75) is 96.8 Å². The summed E-state index contributed by atoms with van der Waals surface area (Å²) in [6.07, 6.45) is 10.5. The van der Waals surface area contributed by atoms with Gasteiger partial charge in [0.25, 0.3) is 0 Å². The van der Waals surface area contributed by atoms with Crippen LogP contribution in [0.15, 0.2) is 65.9 Å². The molecule has 6 atom stereocenters. The highest BCUT2D eigenvalue weighted by atomic mass is 16.2. The third-order valence-electron chi connectivity index (χ3n) is 11.5. The topological polar surface area (TPSA) is 106 Å². The van der Waals surface area contributed by atoms with E-state index in [1.54, 1.807) is 0 Å². The van der Waals surface area contributed by atoms with E-state index in [4.69, 9.17) is 9.98 Å². The van der Waals surface area contributed by atoms with Crippen LogP contribution in [0.5, 0.6) is 0 Å². The second kappa shape index (κ2) is 15.9. The number of H-pyrrole nitrogens is 1. The summed E-state index contributed by atoms with van der Waals surface area (Å²) in [5.41, 5.74) is 7.80. The van der Waals surface area contributed by atoms with Gasteiger partial charge in [-0.1, -0.05) is 89.1 Å². The van der Waals surface area contributed by atoms with Gasteiger partial charge in [0, 0.05) is 31.4 Å². The SMILES string of the molecule is CC[C@H](C)[C@H](NC)C(=O)N1CCCC1c1ncc(-c2ccc(-c3ccc(C4=CN=C([C@@H]5CCCN5C(=O)[C@@H](NC)[C@@H](C)CC)C4)cc3)cc2)[nH]1. The number of aromatic amines is 1. The highest BCUT2D eigenvalue weighted by molar-refractivity contribution is 6.03. The van der Waals surface area contributed by atoms with Gasteiger partial charge in [-0.25, -0.2) is 4.98 Å². The zero-order chi connectivity index (χ0) is 35.4. The molecule has 1 unspecified atom stereocenters. The quantitative estimate of drug-likeness (QED) is 0.184. The van der Waals surface area contributed by atoms with Gasteiger partial charge in [0.2, 0.25) is 11.8 Å². The largest absolute Gasteiger partial charge is 0.340 e. The minimum atomic E-state index is -0.178. The van der Waals surface area contributed by atoms with Crippen LogP contribution in [0.3, 0.4) is 0 Å². The standard InChI is InChI=1S/C41H55N7O2/c1-7-26(3)37(42-5)40(49)47-21-9-11-35(47)33-23-32(24-44-33)30-15-13-28(14-16-30)29-17-19-31(20-18-29)34-25-45-39(46-34)36-12-10-22-48(36)41(50)38(43-6)27(4)8-2/h13-20,24-27,35-38,42-43H,7-12,21-23H2,1-6H3,(H,45,46)/t26-,27-,35-,36?,37-,38-/m0/s1. The Kier molecular flexibility index (Phi) is 11.3. The Morgan fingerprint density at radius 3 is 1.82 bits per heavy atom. The summed E-state index contributed by atoms with van der Waals surface area (Å²) in [6.45, 7) is 10.1. The van der Waals surface area contributed by atoms with E-state index >= 15 is 0 Å². The Morgan fingerprint density at radius 1 is 0.780 bits per heavy atom. The number of aliphatic imine (C=N–C) groups is 1. The maximum Gasteiger partial charge on any atom is 0.240 e. The van der Waals surface area contributed by atoms with E-state index in [-0.39, 0.29) is 41.9 Å². The van der Waals surface area contributed by atoms with Gasteiger partial charge >= 0.3 is 0 Å². The average Bonchev–Trinajstić information content (AvgIpc) is 3.98. The lowest BCUT2D eigenvalue weighted by molar-refractivity contribution is -0.136. The molecule has 9 heteroatoms. The molecule has 266 valence electrons. The lowest BCUT2D eigenvalue weighted by Crippen LogP contribution is -2.51. The van der Waals surface area contributed by atoms with E-state index in [0.717, 1.165) is 92.0 Å². The Labute approximate surface area is 298 Å². The predicted molar refractivity (Wildman–Crippen MR) is 203 cm³/mol. The fraction of sp³-hybridized carbons (Fsp3) is 0.512. The third kappa shape index (κ3) is 7.21. The molecule has 3 aliphatic rings. The fourth-order valence-electron chi connectivity index (χ4n) is 8.02. The number of amides is 2. The third-order valence-corrected chi connectivity index (χ3v) is 11.5. The summed E-state index contributed by atoms with van der Waals surface area (Å²) in [5.74, 6) is 1.80. The van der Waals surface area contributed by atoms with Crippen molar-refractivity contribution in [1.82, 2.24) is 30.4 Å². The Bertz CT molecular complexity index is 1690. The Balaban J connectivity index is 1.08. The highest BCUT2D eigenvalue weighted by Gasteiger charge is 2.38. The molecular formula is C41H55N7O2. The van der Waals surface area contributed by atoms with Crippen molar-refractivity contribution in [2.24, 2.45) is 16.8 Å². The first kappa shape index (κ1) is 35.7. The number of benzene rings is 2. The molecule has 0 spiro atoms. The Hall–Kier alpha value is -4.08. The van der Waals surface area contributed by atoms with E-state index < -0.39 is 0 Å². The second-order valence-electron chi connectivity index (χ2n) is 14.5. The van der Waals surface area contributed by atoms with Gasteiger partial charge in [0.05, 0.1) is 36.1 Å². The molecule has 9 nitrogen and oxygen atoms in total. The van der Waals surface area contributed by atoms with Gasteiger partial charge in [-0.3, -0.25) is 14.6 Å². The second-order valence-corrected chi connectivity index (χ2v) is 14.5. The van der Waals surface area contributed by atoms with E-state index in [2.05, 4.69) is 96.7 Å². The molecule has 2 amide bonds. The number of nitrogens with zero attached hydrogens (tertiary/aromatic N) is 4. The molecule has 0 aliphatic carbocycles. The summed E-state index contributed by atoms with van der Waals surface area (Å²) in [6, 6.07) is 17.0. The number of likely N-dealkylation sites (tertiary alicyclic amines) is 2. The van der Waals surface area contributed by atoms with Crippen LogP contribution in [-0.2, 0) is 9.59 Å². The number of likely N-dealkylation sites (N-methyl/N-ethyl adjacent to an activating group) is 2. The predicted octanol–water partition coefficient (Wildman–Crippen LogP) is 6.85. The lowest BCUT2D eigenvalue weighted by atomic mass is 9.95. The van der Waals surface area contributed by atoms with Crippen molar-refractivity contribution in [3.63, 3.8) is 0 Å². The van der Waals surface area contributed by atoms with Crippen LogP contribution in [0, 0.1) is 11.8 Å². The minimum Gasteiger partial charge on any atom is -0.340 e. The van der Waals surface area contributed by atoms with Crippen LogP contribution in [0.2, 0.25) is 0 Å².